The average molecular weight is 420 g/mol. The smallest absolute Gasteiger partial charge is 0.416 e. The molecule has 0 bridgehead atoms. The number of rotatable bonds is 3. The molecular formula is C17H16F3IO. The third-order valence-corrected chi connectivity index (χ3v) is 4.38. The van der Waals surface area contributed by atoms with E-state index in [9.17, 15) is 18.3 Å². The molecule has 0 spiro atoms. The van der Waals surface area contributed by atoms with Gasteiger partial charge in [-0.25, -0.2) is 0 Å². The fourth-order valence-electron chi connectivity index (χ4n) is 2.27. The minimum Gasteiger partial charge on any atom is -0.507 e. The molecule has 0 saturated carbocycles. The van der Waals surface area contributed by atoms with Crippen LogP contribution in [0, 0.1) is 0 Å². The summed E-state index contributed by atoms with van der Waals surface area (Å²) in [6, 6.07) is 8.93. The molecule has 1 nitrogen and oxygen atoms in total. The van der Waals surface area contributed by atoms with Crippen LogP contribution in [0.25, 0.3) is 11.1 Å². The van der Waals surface area contributed by atoms with E-state index in [0.29, 0.717) is 21.1 Å². The molecule has 2 aromatic carbocycles. The van der Waals surface area contributed by atoms with Crippen LogP contribution in [-0.4, -0.2) is 5.11 Å². The second kappa shape index (κ2) is 6.48. The van der Waals surface area contributed by atoms with Crippen LogP contribution in [0.3, 0.4) is 0 Å². The summed E-state index contributed by atoms with van der Waals surface area (Å²) in [7, 11) is 0. The summed E-state index contributed by atoms with van der Waals surface area (Å²) in [6.07, 6.45) is -4.36. The highest BCUT2D eigenvalue weighted by molar-refractivity contribution is 14.1. The van der Waals surface area contributed by atoms with Crippen molar-refractivity contribution in [3.8, 4) is 16.9 Å². The molecule has 0 amide bonds. The number of phenolic OH excluding ortho intramolecular Hbond substituents is 1. The summed E-state index contributed by atoms with van der Waals surface area (Å²) >= 11 is 2.04. The molecule has 0 aromatic heterocycles. The van der Waals surface area contributed by atoms with Crippen LogP contribution >= 0.6 is 22.6 Å². The van der Waals surface area contributed by atoms with E-state index in [1.54, 1.807) is 6.07 Å². The van der Waals surface area contributed by atoms with Crippen LogP contribution in [0.1, 0.15) is 36.5 Å². The Labute approximate surface area is 141 Å². The second-order valence-electron chi connectivity index (χ2n) is 5.43. The van der Waals surface area contributed by atoms with Crippen LogP contribution in [-0.2, 0) is 10.6 Å². The normalized spacial score (nSPS) is 12.0. The molecule has 0 aliphatic rings. The Hall–Kier alpha value is -1.24. The lowest BCUT2D eigenvalue weighted by Gasteiger charge is -2.15. The molecule has 0 fully saturated rings. The first kappa shape index (κ1) is 17.1. The standard InChI is InChI=1S/C17H16F3IO/c1-10(2)11-3-6-16(22)15(8-11)14-5-4-13(17(18,19)20)7-12(14)9-21/h3-8,10,22H,9H2,1-2H3. The van der Waals surface area contributed by atoms with Gasteiger partial charge in [-0.2, -0.15) is 13.2 Å². The second-order valence-corrected chi connectivity index (χ2v) is 6.20. The van der Waals surface area contributed by atoms with Crippen LogP contribution in [0.2, 0.25) is 0 Å². The fourth-order valence-corrected chi connectivity index (χ4v) is 2.90. The average Bonchev–Trinajstić information content (AvgIpc) is 2.46. The predicted molar refractivity (Wildman–Crippen MR) is 90.4 cm³/mol. The first-order valence-electron chi connectivity index (χ1n) is 6.83. The summed E-state index contributed by atoms with van der Waals surface area (Å²) in [5.41, 5.74) is 2.15. The van der Waals surface area contributed by atoms with Gasteiger partial charge >= 0.3 is 6.18 Å². The molecule has 118 valence electrons. The number of aromatic hydroxyl groups is 1. The van der Waals surface area contributed by atoms with Crippen LogP contribution < -0.4 is 0 Å². The van der Waals surface area contributed by atoms with E-state index in [4.69, 9.17) is 0 Å². The van der Waals surface area contributed by atoms with Gasteiger partial charge in [-0.1, -0.05) is 48.6 Å². The van der Waals surface area contributed by atoms with E-state index in [1.165, 1.54) is 6.07 Å². The SMILES string of the molecule is CC(C)c1ccc(O)c(-c2ccc(C(F)(F)F)cc2CI)c1. The summed E-state index contributed by atoms with van der Waals surface area (Å²) < 4.78 is 38.9. The number of benzene rings is 2. The third kappa shape index (κ3) is 3.56. The van der Waals surface area contributed by atoms with Crippen molar-refractivity contribution >= 4 is 22.6 Å². The van der Waals surface area contributed by atoms with Gasteiger partial charge in [0, 0.05) is 9.99 Å². The van der Waals surface area contributed by atoms with Crippen molar-refractivity contribution in [1.29, 1.82) is 0 Å². The fraction of sp³-hybridized carbons (Fsp3) is 0.294. The summed E-state index contributed by atoms with van der Waals surface area (Å²) in [5.74, 6) is 0.354. The monoisotopic (exact) mass is 420 g/mol. The Balaban J connectivity index is 2.60. The van der Waals surface area contributed by atoms with Crippen molar-refractivity contribution in [3.63, 3.8) is 0 Å². The lowest BCUT2D eigenvalue weighted by Crippen LogP contribution is -2.05. The lowest BCUT2D eigenvalue weighted by molar-refractivity contribution is -0.137. The van der Waals surface area contributed by atoms with Crippen molar-refractivity contribution < 1.29 is 18.3 Å². The van der Waals surface area contributed by atoms with Gasteiger partial charge in [0.25, 0.3) is 0 Å². The van der Waals surface area contributed by atoms with Gasteiger partial charge in [-0.3, -0.25) is 0 Å². The summed E-state index contributed by atoms with van der Waals surface area (Å²) in [6.45, 7) is 4.06. The number of hydrogen-bond acceptors (Lipinski definition) is 1. The number of hydrogen-bond donors (Lipinski definition) is 1. The van der Waals surface area contributed by atoms with Gasteiger partial charge in [0.1, 0.15) is 5.75 Å². The van der Waals surface area contributed by atoms with Crippen molar-refractivity contribution in [2.24, 2.45) is 0 Å². The predicted octanol–water partition coefficient (Wildman–Crippen LogP) is 6.14. The Kier molecular flexibility index (Phi) is 5.04. The maximum Gasteiger partial charge on any atom is 0.416 e. The van der Waals surface area contributed by atoms with Gasteiger partial charge in [0.15, 0.2) is 0 Å². The quantitative estimate of drug-likeness (QED) is 0.468. The highest BCUT2D eigenvalue weighted by Crippen LogP contribution is 2.38. The lowest BCUT2D eigenvalue weighted by atomic mass is 9.93. The van der Waals surface area contributed by atoms with E-state index < -0.39 is 11.7 Å². The highest BCUT2D eigenvalue weighted by Gasteiger charge is 2.31. The zero-order chi connectivity index (χ0) is 16.5. The summed E-state index contributed by atoms with van der Waals surface area (Å²) in [4.78, 5) is 0. The van der Waals surface area contributed by atoms with Gasteiger partial charge in [0.05, 0.1) is 5.56 Å². The first-order valence-corrected chi connectivity index (χ1v) is 8.36. The van der Waals surface area contributed by atoms with E-state index in [2.05, 4.69) is 0 Å². The van der Waals surface area contributed by atoms with Crippen LogP contribution in [0.5, 0.6) is 5.75 Å². The largest absolute Gasteiger partial charge is 0.507 e. The van der Waals surface area contributed by atoms with Crippen LogP contribution in [0.15, 0.2) is 36.4 Å². The minimum atomic E-state index is -4.36. The Morgan fingerprint density at radius 2 is 1.73 bits per heavy atom. The van der Waals surface area contributed by atoms with E-state index in [0.717, 1.165) is 17.7 Å². The van der Waals surface area contributed by atoms with Crippen molar-refractivity contribution in [3.05, 3.63) is 53.1 Å². The first-order chi connectivity index (χ1) is 10.2. The highest BCUT2D eigenvalue weighted by atomic mass is 127. The minimum absolute atomic E-state index is 0.0789. The molecule has 0 aliphatic carbocycles. The molecular weight excluding hydrogens is 404 g/mol. The molecule has 1 N–H and O–H groups in total. The zero-order valence-corrected chi connectivity index (χ0v) is 14.4. The maximum atomic E-state index is 12.8. The van der Waals surface area contributed by atoms with Crippen LogP contribution in [0.4, 0.5) is 13.2 Å². The van der Waals surface area contributed by atoms with Crippen molar-refractivity contribution in [2.75, 3.05) is 0 Å². The van der Waals surface area contributed by atoms with Gasteiger partial charge in [-0.05, 0) is 46.9 Å². The molecule has 0 atom stereocenters. The van der Waals surface area contributed by atoms with Crippen molar-refractivity contribution in [1.82, 2.24) is 0 Å². The number of phenols is 1. The number of halogens is 4. The molecule has 0 saturated heterocycles. The zero-order valence-electron chi connectivity index (χ0n) is 12.2. The molecule has 5 heteroatoms. The van der Waals surface area contributed by atoms with E-state index in [-0.39, 0.29) is 11.7 Å². The van der Waals surface area contributed by atoms with Gasteiger partial charge < -0.3 is 5.11 Å². The van der Waals surface area contributed by atoms with Gasteiger partial charge in [-0.15, -0.1) is 0 Å². The molecule has 0 heterocycles. The molecule has 0 radical (unpaired) electrons. The third-order valence-electron chi connectivity index (χ3n) is 3.55. The molecule has 0 unspecified atom stereocenters. The topological polar surface area (TPSA) is 20.2 Å². The van der Waals surface area contributed by atoms with Crippen molar-refractivity contribution in [2.45, 2.75) is 30.4 Å². The molecule has 0 aliphatic heterocycles. The van der Waals surface area contributed by atoms with E-state index in [1.807, 2.05) is 48.6 Å². The maximum absolute atomic E-state index is 12.8. The Morgan fingerprint density at radius 1 is 1.05 bits per heavy atom. The molecule has 2 rings (SSSR count). The number of alkyl halides is 4. The summed E-state index contributed by atoms with van der Waals surface area (Å²) in [5, 5.41) is 10.1. The van der Waals surface area contributed by atoms with E-state index >= 15 is 0 Å². The Morgan fingerprint density at radius 3 is 2.27 bits per heavy atom. The Bertz CT molecular complexity index is 678. The molecule has 22 heavy (non-hydrogen) atoms. The molecule has 2 aromatic rings. The van der Waals surface area contributed by atoms with Gasteiger partial charge in [0.2, 0.25) is 0 Å².